The van der Waals surface area contributed by atoms with Crippen LogP contribution in [0.5, 0.6) is 0 Å². The third-order valence-electron chi connectivity index (χ3n) is 5.82. The van der Waals surface area contributed by atoms with Gasteiger partial charge in [0.05, 0.1) is 0 Å². The van der Waals surface area contributed by atoms with Crippen LogP contribution in [0.4, 0.5) is 0 Å². The van der Waals surface area contributed by atoms with Gasteiger partial charge in [0.15, 0.2) is 0 Å². The molecule has 0 heterocycles. The predicted octanol–water partition coefficient (Wildman–Crippen LogP) is 4.53. The molecule has 0 rings (SSSR count). The quantitative estimate of drug-likeness (QED) is 0.113. The molecular weight excluding hydrogens is 452 g/mol. The van der Waals surface area contributed by atoms with Gasteiger partial charge in [-0.15, -0.1) is 0 Å². The molecule has 0 spiro atoms. The SMILES string of the molecule is CCCCCCCCCCCCCCCC(=O)N[C@@H](CCC(=O)N[CH]CCC(=O)C(=O)O)C(=O)O. The summed E-state index contributed by atoms with van der Waals surface area (Å²) in [6.45, 7) is 3.50. The molecule has 0 aliphatic heterocycles. The van der Waals surface area contributed by atoms with Gasteiger partial charge in [-0.2, -0.15) is 0 Å². The second-order valence-electron chi connectivity index (χ2n) is 9.03. The zero-order valence-corrected chi connectivity index (χ0v) is 21.3. The van der Waals surface area contributed by atoms with Crippen molar-refractivity contribution >= 4 is 29.5 Å². The van der Waals surface area contributed by atoms with E-state index in [0.717, 1.165) is 19.3 Å². The van der Waals surface area contributed by atoms with Crippen molar-refractivity contribution in [1.82, 2.24) is 10.6 Å². The molecule has 0 bridgehead atoms. The maximum absolute atomic E-state index is 12.1. The van der Waals surface area contributed by atoms with Crippen molar-refractivity contribution in [2.45, 2.75) is 129 Å². The van der Waals surface area contributed by atoms with Crippen LogP contribution in [0.15, 0.2) is 0 Å². The average Bonchev–Trinajstić information content (AvgIpc) is 2.81. The molecular formula is C26H45N2O7. The van der Waals surface area contributed by atoms with Gasteiger partial charge >= 0.3 is 11.9 Å². The third-order valence-corrected chi connectivity index (χ3v) is 5.82. The van der Waals surface area contributed by atoms with E-state index < -0.39 is 29.7 Å². The van der Waals surface area contributed by atoms with E-state index in [1.807, 2.05) is 0 Å². The molecule has 0 aliphatic rings. The Morgan fingerprint density at radius 1 is 0.686 bits per heavy atom. The summed E-state index contributed by atoms with van der Waals surface area (Å²) in [6.07, 6.45) is 15.6. The summed E-state index contributed by atoms with van der Waals surface area (Å²) >= 11 is 0. The molecule has 9 nitrogen and oxygen atoms in total. The molecule has 201 valence electrons. The van der Waals surface area contributed by atoms with Crippen LogP contribution in [0.3, 0.4) is 0 Å². The molecule has 0 aromatic carbocycles. The predicted molar refractivity (Wildman–Crippen MR) is 133 cm³/mol. The molecule has 0 aromatic heterocycles. The fourth-order valence-corrected chi connectivity index (χ4v) is 3.67. The number of ketones is 1. The summed E-state index contributed by atoms with van der Waals surface area (Å²) in [5.74, 6) is -4.48. The van der Waals surface area contributed by atoms with E-state index in [9.17, 15) is 29.1 Å². The van der Waals surface area contributed by atoms with Crippen molar-refractivity contribution in [2.24, 2.45) is 0 Å². The van der Waals surface area contributed by atoms with E-state index in [1.165, 1.54) is 64.3 Å². The Hall–Kier alpha value is -2.45. The molecule has 0 fully saturated rings. The smallest absolute Gasteiger partial charge is 0.372 e. The Labute approximate surface area is 209 Å². The lowest BCUT2D eigenvalue weighted by atomic mass is 10.0. The average molecular weight is 498 g/mol. The molecule has 1 atom stereocenters. The molecule has 0 saturated heterocycles. The van der Waals surface area contributed by atoms with Crippen molar-refractivity contribution in [2.75, 3.05) is 0 Å². The summed E-state index contributed by atoms with van der Waals surface area (Å²) in [6, 6.07) is -1.15. The summed E-state index contributed by atoms with van der Waals surface area (Å²) in [4.78, 5) is 56.6. The van der Waals surface area contributed by atoms with Gasteiger partial charge < -0.3 is 20.8 Å². The Balaban J connectivity index is 3.80. The van der Waals surface area contributed by atoms with Gasteiger partial charge in [0, 0.05) is 25.8 Å². The minimum atomic E-state index is -1.52. The number of aliphatic carboxylic acids is 2. The number of carbonyl (C=O) groups excluding carboxylic acids is 3. The van der Waals surface area contributed by atoms with Crippen molar-refractivity contribution in [3.05, 3.63) is 6.54 Å². The van der Waals surface area contributed by atoms with Crippen LogP contribution in [-0.4, -0.2) is 45.8 Å². The van der Waals surface area contributed by atoms with Crippen molar-refractivity contribution in [3.63, 3.8) is 0 Å². The normalized spacial score (nSPS) is 11.6. The lowest BCUT2D eigenvalue weighted by Gasteiger charge is -2.14. The van der Waals surface area contributed by atoms with Gasteiger partial charge in [0.25, 0.3) is 0 Å². The minimum absolute atomic E-state index is 0.0621. The number of carboxylic acid groups (broad SMARTS) is 2. The highest BCUT2D eigenvalue weighted by molar-refractivity contribution is 6.32. The largest absolute Gasteiger partial charge is 0.480 e. The molecule has 0 aromatic rings. The second-order valence-corrected chi connectivity index (χ2v) is 9.03. The summed E-state index contributed by atoms with van der Waals surface area (Å²) < 4.78 is 0. The molecule has 35 heavy (non-hydrogen) atoms. The van der Waals surface area contributed by atoms with E-state index >= 15 is 0 Å². The Bertz CT molecular complexity index is 637. The molecule has 4 N–H and O–H groups in total. The van der Waals surface area contributed by atoms with Gasteiger partial charge in [0.1, 0.15) is 6.04 Å². The van der Waals surface area contributed by atoms with Crippen molar-refractivity contribution in [1.29, 1.82) is 0 Å². The molecule has 0 unspecified atom stereocenters. The maximum atomic E-state index is 12.1. The fourth-order valence-electron chi connectivity index (χ4n) is 3.67. The topological polar surface area (TPSA) is 150 Å². The van der Waals surface area contributed by atoms with E-state index in [1.54, 1.807) is 0 Å². The first-order chi connectivity index (χ1) is 16.8. The Kier molecular flexibility index (Phi) is 20.5. The van der Waals surface area contributed by atoms with Crippen LogP contribution in [0, 0.1) is 6.54 Å². The highest BCUT2D eigenvalue weighted by Gasteiger charge is 2.21. The maximum Gasteiger partial charge on any atom is 0.372 e. The molecule has 0 aliphatic carbocycles. The number of hydrogen-bond acceptors (Lipinski definition) is 5. The zero-order chi connectivity index (χ0) is 26.3. The Morgan fingerprint density at radius 3 is 1.69 bits per heavy atom. The number of Topliss-reactive ketones (excluding diaryl/α,β-unsaturated/α-hetero) is 1. The van der Waals surface area contributed by atoms with Gasteiger partial charge in [0.2, 0.25) is 17.6 Å². The van der Waals surface area contributed by atoms with E-state index in [2.05, 4.69) is 17.6 Å². The first kappa shape index (κ1) is 32.5. The van der Waals surface area contributed by atoms with Crippen molar-refractivity contribution in [3.8, 4) is 0 Å². The lowest BCUT2D eigenvalue weighted by molar-refractivity contribution is -0.149. The first-order valence-corrected chi connectivity index (χ1v) is 13.2. The van der Waals surface area contributed by atoms with Crippen molar-refractivity contribution < 1.29 is 34.2 Å². The van der Waals surface area contributed by atoms with E-state index in [-0.39, 0.29) is 38.0 Å². The highest BCUT2D eigenvalue weighted by atomic mass is 16.4. The number of rotatable bonds is 24. The van der Waals surface area contributed by atoms with Crippen LogP contribution >= 0.6 is 0 Å². The lowest BCUT2D eigenvalue weighted by Crippen LogP contribution is -2.41. The van der Waals surface area contributed by atoms with Gasteiger partial charge in [-0.1, -0.05) is 84.0 Å². The molecule has 9 heteroatoms. The highest BCUT2D eigenvalue weighted by Crippen LogP contribution is 2.13. The summed E-state index contributed by atoms with van der Waals surface area (Å²) in [5, 5.41) is 22.6. The van der Waals surface area contributed by atoms with Crippen LogP contribution in [0.1, 0.15) is 122 Å². The summed E-state index contributed by atoms with van der Waals surface area (Å²) in [5.41, 5.74) is 0. The monoisotopic (exact) mass is 497 g/mol. The Morgan fingerprint density at radius 2 is 1.20 bits per heavy atom. The van der Waals surface area contributed by atoms with Crippen LogP contribution in [-0.2, 0) is 24.0 Å². The number of carbonyl (C=O) groups is 5. The number of unbranched alkanes of at least 4 members (excludes halogenated alkanes) is 12. The van der Waals surface area contributed by atoms with Crippen LogP contribution in [0.2, 0.25) is 0 Å². The van der Waals surface area contributed by atoms with Crippen LogP contribution in [0.25, 0.3) is 0 Å². The van der Waals surface area contributed by atoms with E-state index in [0.29, 0.717) is 6.42 Å². The summed E-state index contributed by atoms with van der Waals surface area (Å²) in [7, 11) is 0. The molecule has 0 saturated carbocycles. The number of carboxylic acids is 2. The first-order valence-electron chi connectivity index (χ1n) is 13.2. The number of hydrogen-bond donors (Lipinski definition) is 4. The molecule has 2 amide bonds. The minimum Gasteiger partial charge on any atom is -0.480 e. The van der Waals surface area contributed by atoms with Gasteiger partial charge in [-0.3, -0.25) is 14.4 Å². The van der Waals surface area contributed by atoms with Gasteiger partial charge in [-0.05, 0) is 19.3 Å². The van der Waals surface area contributed by atoms with Crippen LogP contribution < -0.4 is 10.6 Å². The van der Waals surface area contributed by atoms with Gasteiger partial charge in [-0.25, -0.2) is 9.59 Å². The van der Waals surface area contributed by atoms with E-state index in [4.69, 9.17) is 5.11 Å². The number of nitrogens with one attached hydrogen (secondary N) is 2. The zero-order valence-electron chi connectivity index (χ0n) is 21.3. The number of amides is 2. The third kappa shape index (κ3) is 20.6. The molecule has 1 radical (unpaired) electrons. The standard InChI is InChI=1S/C26H45N2O7/c1-2-3-4-5-6-7-8-9-10-11-12-13-14-17-24(31)28-21(25(32)33)18-19-23(30)27-20-15-16-22(29)26(34)35/h20-21H,2-19H2,1H3,(H,27,30)(H,28,31)(H,32,33)(H,34,35)/t21-/m0/s1. The second kappa shape index (κ2) is 22.0. The fraction of sp³-hybridized carbons (Fsp3) is 0.769.